The summed E-state index contributed by atoms with van der Waals surface area (Å²) in [6.07, 6.45) is 0. The molecule has 1 aromatic heterocycles. The van der Waals surface area contributed by atoms with Crippen LogP contribution in [0.2, 0.25) is 0 Å². The van der Waals surface area contributed by atoms with Gasteiger partial charge in [0.2, 0.25) is 0 Å². The van der Waals surface area contributed by atoms with Crippen LogP contribution in [0.4, 0.5) is 0 Å². The van der Waals surface area contributed by atoms with Gasteiger partial charge in [0.1, 0.15) is 0 Å². The van der Waals surface area contributed by atoms with E-state index in [9.17, 15) is 0 Å². The lowest BCUT2D eigenvalue weighted by atomic mass is 9.70. The van der Waals surface area contributed by atoms with Crippen molar-refractivity contribution in [2.75, 3.05) is 0 Å². The lowest BCUT2D eigenvalue weighted by molar-refractivity contribution is 0.794. The topological polar surface area (TPSA) is 12.9 Å². The van der Waals surface area contributed by atoms with Gasteiger partial charge in [0.25, 0.3) is 0 Å². The second-order valence-electron chi connectivity index (χ2n) is 13.8. The number of rotatable bonds is 3. The normalized spacial score (nSPS) is 13.3. The van der Waals surface area contributed by atoms with Crippen LogP contribution in [0.25, 0.3) is 77.4 Å². The van der Waals surface area contributed by atoms with Crippen LogP contribution >= 0.6 is 0 Å². The molecule has 0 amide bonds. The highest BCUT2D eigenvalue weighted by atomic mass is 14.7. The van der Waals surface area contributed by atoms with Gasteiger partial charge in [0.15, 0.2) is 0 Å². The molecule has 0 aliphatic heterocycles. The molecule has 0 fully saturated rings. The second kappa shape index (κ2) is 10.7. The molecular weight excluding hydrogens is 615 g/mol. The van der Waals surface area contributed by atoms with Crippen molar-refractivity contribution in [3.8, 4) is 55.8 Å². The zero-order chi connectivity index (χ0) is 33.5. The van der Waals surface area contributed by atoms with Crippen LogP contribution in [0, 0.1) is 0 Å². The molecule has 11 rings (SSSR count). The first-order valence-electron chi connectivity index (χ1n) is 17.7. The van der Waals surface area contributed by atoms with Crippen molar-refractivity contribution in [3.05, 3.63) is 210 Å². The van der Waals surface area contributed by atoms with Crippen LogP contribution in [-0.2, 0) is 5.41 Å². The van der Waals surface area contributed by atoms with Gasteiger partial charge in [-0.15, -0.1) is 0 Å². The average molecular weight is 646 g/mol. The Morgan fingerprint density at radius 3 is 1.59 bits per heavy atom. The average Bonchev–Trinajstić information content (AvgIpc) is 3.68. The summed E-state index contributed by atoms with van der Waals surface area (Å²) in [7, 11) is 0. The molecule has 0 unspecified atom stereocenters. The molecule has 236 valence electrons. The summed E-state index contributed by atoms with van der Waals surface area (Å²) in [6, 6.07) is 68.9. The van der Waals surface area contributed by atoms with E-state index in [-0.39, 0.29) is 0 Å². The summed E-state index contributed by atoms with van der Waals surface area (Å²) in [5.74, 6) is 0. The quantitative estimate of drug-likeness (QED) is 0.174. The van der Waals surface area contributed by atoms with E-state index in [4.69, 9.17) is 4.98 Å². The Morgan fingerprint density at radius 2 is 0.863 bits per heavy atom. The zero-order valence-electron chi connectivity index (χ0n) is 27.8. The minimum atomic E-state index is -0.404. The maximum atomic E-state index is 5.52. The van der Waals surface area contributed by atoms with Crippen molar-refractivity contribution in [2.24, 2.45) is 0 Å². The molecule has 0 saturated heterocycles. The number of hydrogen-bond acceptors (Lipinski definition) is 1. The lowest BCUT2D eigenvalue weighted by Crippen LogP contribution is -2.25. The number of benzene rings is 8. The summed E-state index contributed by atoms with van der Waals surface area (Å²) in [6.45, 7) is 0. The van der Waals surface area contributed by atoms with Gasteiger partial charge in [-0.3, -0.25) is 0 Å². The molecule has 0 radical (unpaired) electrons. The Labute approximate surface area is 297 Å². The van der Waals surface area contributed by atoms with Crippen molar-refractivity contribution in [1.82, 2.24) is 4.98 Å². The molecule has 0 bridgehead atoms. The third-order valence-corrected chi connectivity index (χ3v) is 11.3. The molecule has 1 heterocycles. The van der Waals surface area contributed by atoms with Crippen molar-refractivity contribution >= 4 is 21.7 Å². The van der Waals surface area contributed by atoms with Crippen LogP contribution in [0.5, 0.6) is 0 Å². The van der Waals surface area contributed by atoms with E-state index in [2.05, 4.69) is 188 Å². The molecule has 1 nitrogen and oxygen atoms in total. The summed E-state index contributed by atoms with van der Waals surface area (Å²) in [5.41, 5.74) is 18.2. The Bertz CT molecular complexity index is 2800. The summed E-state index contributed by atoms with van der Waals surface area (Å²) in [4.78, 5) is 5.52. The number of para-hydroxylation sites is 1. The Hall–Kier alpha value is -6.57. The van der Waals surface area contributed by atoms with Crippen LogP contribution in [0.3, 0.4) is 0 Å². The number of nitrogens with zero attached hydrogens (tertiary/aromatic N) is 1. The summed E-state index contributed by atoms with van der Waals surface area (Å²) >= 11 is 0. The maximum Gasteiger partial charge on any atom is 0.0794 e. The summed E-state index contributed by atoms with van der Waals surface area (Å²) in [5, 5.41) is 3.63. The van der Waals surface area contributed by atoms with Gasteiger partial charge in [-0.2, -0.15) is 0 Å². The Morgan fingerprint density at radius 1 is 0.333 bits per heavy atom. The molecule has 9 aromatic rings. The fourth-order valence-corrected chi connectivity index (χ4v) is 9.17. The van der Waals surface area contributed by atoms with E-state index >= 15 is 0 Å². The highest BCUT2D eigenvalue weighted by molar-refractivity contribution is 6.19. The molecule has 0 saturated carbocycles. The van der Waals surface area contributed by atoms with Gasteiger partial charge < -0.3 is 0 Å². The van der Waals surface area contributed by atoms with E-state index in [0.29, 0.717) is 0 Å². The van der Waals surface area contributed by atoms with E-state index in [1.54, 1.807) is 0 Å². The molecule has 1 spiro atoms. The maximum absolute atomic E-state index is 5.52. The van der Waals surface area contributed by atoms with Gasteiger partial charge in [-0.25, -0.2) is 4.98 Å². The van der Waals surface area contributed by atoms with Gasteiger partial charge in [0, 0.05) is 16.3 Å². The molecule has 1 heteroatoms. The van der Waals surface area contributed by atoms with E-state index < -0.39 is 5.41 Å². The molecule has 51 heavy (non-hydrogen) atoms. The smallest absolute Gasteiger partial charge is 0.0794 e. The first-order chi connectivity index (χ1) is 25.3. The van der Waals surface area contributed by atoms with Gasteiger partial charge in [-0.05, 0) is 84.3 Å². The summed E-state index contributed by atoms with van der Waals surface area (Å²) < 4.78 is 0. The van der Waals surface area contributed by atoms with Crippen molar-refractivity contribution in [3.63, 3.8) is 0 Å². The fourth-order valence-electron chi connectivity index (χ4n) is 9.17. The number of fused-ring (bicyclic) bond motifs is 14. The number of aromatic nitrogens is 1. The van der Waals surface area contributed by atoms with Crippen LogP contribution in [0.1, 0.15) is 22.3 Å². The fraction of sp³-hybridized carbons (Fsp3) is 0.0200. The monoisotopic (exact) mass is 645 g/mol. The Kier molecular flexibility index (Phi) is 5.94. The standard InChI is InChI=1S/C50H31N/c1-2-13-32(14-3-1)33-25-27-34(28-26-33)35-15-12-16-36(31-35)49-48-40(39-19-7-11-24-46(39)51-49)29-30-45-47(48)41-20-6-10-23-44(41)50(45)42-21-8-4-17-37(42)38-18-5-9-22-43(38)50/h1-31H. The second-order valence-corrected chi connectivity index (χ2v) is 13.8. The highest BCUT2D eigenvalue weighted by Crippen LogP contribution is 2.64. The Balaban J connectivity index is 1.20. The zero-order valence-corrected chi connectivity index (χ0v) is 27.8. The van der Waals surface area contributed by atoms with Crippen molar-refractivity contribution < 1.29 is 0 Å². The largest absolute Gasteiger partial charge is 0.247 e. The number of pyridine rings is 1. The number of hydrogen-bond donors (Lipinski definition) is 0. The predicted molar refractivity (Wildman–Crippen MR) is 212 cm³/mol. The first kappa shape index (κ1) is 28.3. The molecular formula is C50H31N. The molecule has 0 atom stereocenters. The molecule has 0 N–H and O–H groups in total. The van der Waals surface area contributed by atoms with E-state index in [0.717, 1.165) is 16.8 Å². The van der Waals surface area contributed by atoms with Gasteiger partial charge in [0.05, 0.1) is 16.6 Å². The van der Waals surface area contributed by atoms with E-state index in [1.165, 1.54) is 82.9 Å². The van der Waals surface area contributed by atoms with Crippen LogP contribution in [-0.4, -0.2) is 4.98 Å². The third-order valence-electron chi connectivity index (χ3n) is 11.3. The van der Waals surface area contributed by atoms with Gasteiger partial charge >= 0.3 is 0 Å². The van der Waals surface area contributed by atoms with Crippen molar-refractivity contribution in [1.29, 1.82) is 0 Å². The minimum Gasteiger partial charge on any atom is -0.247 e. The predicted octanol–water partition coefficient (Wildman–Crippen LogP) is 12.7. The van der Waals surface area contributed by atoms with Crippen LogP contribution < -0.4 is 0 Å². The molecule has 8 aromatic carbocycles. The first-order valence-corrected chi connectivity index (χ1v) is 17.7. The third kappa shape index (κ3) is 3.89. The molecule has 2 aliphatic carbocycles. The SMILES string of the molecule is c1ccc(-c2ccc(-c3cccc(-c4nc5ccccc5c5ccc6c(c45)-c4ccccc4C64c5ccccc5-c5ccccc54)c3)cc2)cc1. The van der Waals surface area contributed by atoms with E-state index in [1.807, 2.05) is 0 Å². The lowest BCUT2D eigenvalue weighted by Gasteiger charge is -2.30. The van der Waals surface area contributed by atoms with Gasteiger partial charge in [-0.1, -0.05) is 176 Å². The van der Waals surface area contributed by atoms with Crippen LogP contribution in [0.15, 0.2) is 188 Å². The highest BCUT2D eigenvalue weighted by Gasteiger charge is 2.52. The van der Waals surface area contributed by atoms with Crippen molar-refractivity contribution in [2.45, 2.75) is 5.41 Å². The minimum absolute atomic E-state index is 0.404. The molecule has 2 aliphatic rings.